The predicted octanol–water partition coefficient (Wildman–Crippen LogP) is 3.25. The van der Waals surface area contributed by atoms with Crippen LogP contribution in [0.3, 0.4) is 0 Å². The summed E-state index contributed by atoms with van der Waals surface area (Å²) in [6.45, 7) is 2.92. The average molecular weight is 399 g/mol. The molecule has 8 heteroatoms. The third kappa shape index (κ3) is 3.46. The molecule has 1 saturated heterocycles. The normalized spacial score (nSPS) is 14.7. The molecule has 0 bridgehead atoms. The average Bonchev–Trinajstić information content (AvgIpc) is 3.01. The van der Waals surface area contributed by atoms with Gasteiger partial charge in [-0.2, -0.15) is 0 Å². The lowest BCUT2D eigenvalue weighted by Gasteiger charge is -2.29. The van der Waals surface area contributed by atoms with Crippen molar-refractivity contribution in [2.75, 3.05) is 31.2 Å². The highest BCUT2D eigenvalue weighted by atomic mass is 35.5. The van der Waals surface area contributed by atoms with Crippen LogP contribution in [0, 0.1) is 0 Å². The number of rotatable bonds is 4. The third-order valence-electron chi connectivity index (χ3n) is 4.72. The minimum absolute atomic E-state index is 0.0851. The number of oxime groups is 1. The van der Waals surface area contributed by atoms with Crippen LogP contribution in [0.1, 0.15) is 15.9 Å². The van der Waals surface area contributed by atoms with Gasteiger partial charge >= 0.3 is 5.97 Å². The molecule has 1 aliphatic heterocycles. The summed E-state index contributed by atoms with van der Waals surface area (Å²) in [5.74, 6) is 0.367. The summed E-state index contributed by atoms with van der Waals surface area (Å²) < 4.78 is 7.60. The molecule has 0 N–H and O–H groups in total. The van der Waals surface area contributed by atoms with Gasteiger partial charge in [-0.15, -0.1) is 0 Å². The SMILES string of the molecule is Cn1c(N2CCOCC2)c(/C=N\OC(=O)c2cccnc2Cl)c2ccccc21. The molecular weight excluding hydrogens is 380 g/mol. The molecular formula is C20H19ClN4O3. The van der Waals surface area contributed by atoms with Gasteiger partial charge in [0, 0.05) is 37.3 Å². The maximum Gasteiger partial charge on any atom is 0.368 e. The lowest BCUT2D eigenvalue weighted by Crippen LogP contribution is -2.37. The quantitative estimate of drug-likeness (QED) is 0.292. The molecule has 3 aromatic rings. The van der Waals surface area contributed by atoms with Crippen LogP contribution in [0.4, 0.5) is 5.82 Å². The van der Waals surface area contributed by atoms with Gasteiger partial charge < -0.3 is 19.0 Å². The second kappa shape index (κ2) is 8.00. The highest BCUT2D eigenvalue weighted by molar-refractivity contribution is 6.32. The molecule has 1 aliphatic rings. The van der Waals surface area contributed by atoms with Gasteiger partial charge in [0.2, 0.25) is 0 Å². The summed E-state index contributed by atoms with van der Waals surface area (Å²) >= 11 is 5.94. The number of halogens is 1. The predicted molar refractivity (Wildman–Crippen MR) is 108 cm³/mol. The van der Waals surface area contributed by atoms with E-state index >= 15 is 0 Å². The number of pyridine rings is 1. The maximum atomic E-state index is 12.2. The van der Waals surface area contributed by atoms with Crippen molar-refractivity contribution < 1.29 is 14.4 Å². The number of fused-ring (bicyclic) bond motifs is 1. The smallest absolute Gasteiger partial charge is 0.368 e. The topological polar surface area (TPSA) is 68.9 Å². The Balaban J connectivity index is 1.66. The van der Waals surface area contributed by atoms with E-state index in [9.17, 15) is 4.79 Å². The van der Waals surface area contributed by atoms with E-state index in [1.807, 2.05) is 25.2 Å². The molecule has 3 heterocycles. The summed E-state index contributed by atoms with van der Waals surface area (Å²) in [6.07, 6.45) is 3.09. The first-order valence-electron chi connectivity index (χ1n) is 8.92. The van der Waals surface area contributed by atoms with Gasteiger partial charge in [-0.25, -0.2) is 9.78 Å². The van der Waals surface area contributed by atoms with Gasteiger partial charge in [0.25, 0.3) is 0 Å². The van der Waals surface area contributed by atoms with Crippen LogP contribution in [-0.4, -0.2) is 48.0 Å². The van der Waals surface area contributed by atoms with E-state index < -0.39 is 5.97 Å². The van der Waals surface area contributed by atoms with Crippen LogP contribution >= 0.6 is 11.6 Å². The number of aromatic nitrogens is 2. The Morgan fingerprint density at radius 3 is 2.82 bits per heavy atom. The highest BCUT2D eigenvalue weighted by Gasteiger charge is 2.21. The molecule has 28 heavy (non-hydrogen) atoms. The maximum absolute atomic E-state index is 12.2. The van der Waals surface area contributed by atoms with Gasteiger partial charge in [0.1, 0.15) is 11.0 Å². The molecule has 1 aromatic carbocycles. The largest absolute Gasteiger partial charge is 0.378 e. The van der Waals surface area contributed by atoms with Crippen molar-refractivity contribution >= 4 is 40.5 Å². The van der Waals surface area contributed by atoms with Gasteiger partial charge in [0.15, 0.2) is 0 Å². The molecule has 2 aromatic heterocycles. The number of carbonyl (C=O) groups excluding carboxylic acids is 1. The Bertz CT molecular complexity index is 1040. The number of hydrogen-bond acceptors (Lipinski definition) is 6. The fourth-order valence-corrected chi connectivity index (χ4v) is 3.60. The Hall–Kier alpha value is -2.90. The molecule has 7 nitrogen and oxygen atoms in total. The Labute approximate surface area is 167 Å². The number of para-hydroxylation sites is 1. The lowest BCUT2D eigenvalue weighted by molar-refractivity contribution is 0.0519. The summed E-state index contributed by atoms with van der Waals surface area (Å²) in [5.41, 5.74) is 2.14. The number of benzene rings is 1. The standard InChI is InChI=1S/C20H19ClN4O3/c1-24-17-7-3-2-5-14(17)16(19(24)25-9-11-27-12-10-25)13-23-28-20(26)15-6-4-8-22-18(15)21/h2-8,13H,9-12H2,1H3/b23-13-. The molecule has 0 saturated carbocycles. The van der Waals surface area contributed by atoms with E-state index in [-0.39, 0.29) is 10.7 Å². The van der Waals surface area contributed by atoms with Crippen molar-refractivity contribution in [2.45, 2.75) is 0 Å². The van der Waals surface area contributed by atoms with Crippen LogP contribution in [0.25, 0.3) is 10.9 Å². The first-order chi connectivity index (χ1) is 13.7. The zero-order valence-electron chi connectivity index (χ0n) is 15.3. The minimum Gasteiger partial charge on any atom is -0.378 e. The van der Waals surface area contributed by atoms with Crippen molar-refractivity contribution in [3.8, 4) is 0 Å². The van der Waals surface area contributed by atoms with Crippen LogP contribution < -0.4 is 4.90 Å². The number of anilines is 1. The van der Waals surface area contributed by atoms with E-state index in [2.05, 4.69) is 25.7 Å². The number of hydrogen-bond donors (Lipinski definition) is 0. The van der Waals surface area contributed by atoms with Gasteiger partial charge in [-0.3, -0.25) is 0 Å². The first kappa shape index (κ1) is 18.5. The number of nitrogens with zero attached hydrogens (tertiary/aromatic N) is 4. The molecule has 144 valence electrons. The van der Waals surface area contributed by atoms with Gasteiger partial charge in [0.05, 0.1) is 30.5 Å². The van der Waals surface area contributed by atoms with Crippen LogP contribution in [-0.2, 0) is 16.6 Å². The van der Waals surface area contributed by atoms with Crippen LogP contribution in [0.5, 0.6) is 0 Å². The van der Waals surface area contributed by atoms with Crippen molar-refractivity contribution in [1.82, 2.24) is 9.55 Å². The van der Waals surface area contributed by atoms with Gasteiger partial charge in [-0.05, 0) is 18.2 Å². The number of carbonyl (C=O) groups is 1. The summed E-state index contributed by atoms with van der Waals surface area (Å²) in [5, 5.41) is 5.06. The second-order valence-electron chi connectivity index (χ2n) is 6.37. The van der Waals surface area contributed by atoms with E-state index in [1.54, 1.807) is 18.3 Å². The van der Waals surface area contributed by atoms with Crippen molar-refractivity contribution in [1.29, 1.82) is 0 Å². The van der Waals surface area contributed by atoms with E-state index in [1.165, 1.54) is 6.20 Å². The van der Waals surface area contributed by atoms with Gasteiger partial charge in [-0.1, -0.05) is 35.0 Å². The molecule has 1 fully saturated rings. The van der Waals surface area contributed by atoms with E-state index in [0.29, 0.717) is 13.2 Å². The lowest BCUT2D eigenvalue weighted by atomic mass is 10.1. The Morgan fingerprint density at radius 1 is 1.25 bits per heavy atom. The number of aryl methyl sites for hydroxylation is 1. The molecule has 0 spiro atoms. The summed E-state index contributed by atoms with van der Waals surface area (Å²) in [4.78, 5) is 23.4. The van der Waals surface area contributed by atoms with Crippen molar-refractivity contribution in [2.24, 2.45) is 12.2 Å². The zero-order chi connectivity index (χ0) is 19.5. The monoisotopic (exact) mass is 398 g/mol. The number of morpholine rings is 1. The first-order valence-corrected chi connectivity index (χ1v) is 9.30. The number of ether oxygens (including phenoxy) is 1. The molecule has 4 rings (SSSR count). The fraction of sp³-hybridized carbons (Fsp3) is 0.250. The van der Waals surface area contributed by atoms with Crippen molar-refractivity contribution in [3.05, 3.63) is 58.9 Å². The van der Waals surface area contributed by atoms with Crippen LogP contribution in [0.2, 0.25) is 5.15 Å². The fourth-order valence-electron chi connectivity index (χ4n) is 3.41. The van der Waals surface area contributed by atoms with E-state index in [0.717, 1.165) is 35.4 Å². The summed E-state index contributed by atoms with van der Waals surface area (Å²) in [6, 6.07) is 11.2. The highest BCUT2D eigenvalue weighted by Crippen LogP contribution is 2.31. The molecule has 0 unspecified atom stereocenters. The molecule has 0 radical (unpaired) electrons. The third-order valence-corrected chi connectivity index (χ3v) is 5.02. The summed E-state index contributed by atoms with van der Waals surface area (Å²) in [7, 11) is 2.02. The Morgan fingerprint density at radius 2 is 2.04 bits per heavy atom. The molecule has 0 aliphatic carbocycles. The molecule has 0 amide bonds. The van der Waals surface area contributed by atoms with Crippen LogP contribution in [0.15, 0.2) is 47.8 Å². The minimum atomic E-state index is -0.650. The Kier molecular flexibility index (Phi) is 5.27. The second-order valence-corrected chi connectivity index (χ2v) is 6.73. The van der Waals surface area contributed by atoms with Crippen molar-refractivity contribution in [3.63, 3.8) is 0 Å². The zero-order valence-corrected chi connectivity index (χ0v) is 16.1. The van der Waals surface area contributed by atoms with E-state index in [4.69, 9.17) is 21.2 Å². The molecule has 0 atom stereocenters.